The van der Waals surface area contributed by atoms with Crippen LogP contribution in [0, 0.1) is 10.1 Å². The van der Waals surface area contributed by atoms with Gasteiger partial charge in [0.1, 0.15) is 0 Å². The van der Waals surface area contributed by atoms with Crippen molar-refractivity contribution in [3.8, 4) is 0 Å². The number of nitro benzene ring substituents is 1. The Morgan fingerprint density at radius 2 is 1.83 bits per heavy atom. The lowest BCUT2D eigenvalue weighted by Gasteiger charge is -2.18. The Bertz CT molecular complexity index is 1150. The number of carbonyl (C=O) groups is 3. The van der Waals surface area contributed by atoms with Crippen molar-refractivity contribution in [1.82, 2.24) is 0 Å². The van der Waals surface area contributed by atoms with Crippen molar-refractivity contribution in [2.24, 2.45) is 0 Å². The number of benzene rings is 2. The average molecular weight is 406 g/mol. The number of anilines is 1. The van der Waals surface area contributed by atoms with Crippen LogP contribution in [0.1, 0.15) is 29.8 Å². The van der Waals surface area contributed by atoms with Crippen LogP contribution in [0.4, 0.5) is 11.4 Å². The van der Waals surface area contributed by atoms with Crippen LogP contribution in [-0.4, -0.2) is 29.7 Å². The summed E-state index contributed by atoms with van der Waals surface area (Å²) in [4.78, 5) is 49.2. The van der Waals surface area contributed by atoms with E-state index in [1.54, 1.807) is 37.3 Å². The zero-order valence-corrected chi connectivity index (χ0v) is 16.5. The third kappa shape index (κ3) is 3.75. The van der Waals surface area contributed by atoms with Gasteiger partial charge in [0.15, 0.2) is 5.78 Å². The molecule has 0 saturated heterocycles. The molecule has 1 aliphatic heterocycles. The first-order valence-electron chi connectivity index (χ1n) is 8.95. The average Bonchev–Trinajstić information content (AvgIpc) is 2.97. The molecule has 1 heterocycles. The zero-order chi connectivity index (χ0) is 22.0. The number of esters is 1. The Kier molecular flexibility index (Phi) is 5.59. The standard InChI is InChI=1S/C22H18N2O6/c1-13-20(22(27)30-3)19(11-15-6-4-9-18(10-15)24(28)29)21(26)23(13)17-8-5-7-16(12-17)14(2)25/h4-12H,1-3H3/b19-11-. The summed E-state index contributed by atoms with van der Waals surface area (Å²) in [5, 5.41) is 11.0. The number of allylic oxidation sites excluding steroid dienone is 1. The van der Waals surface area contributed by atoms with Crippen LogP contribution < -0.4 is 4.90 Å². The number of nitrogens with zero attached hydrogens (tertiary/aromatic N) is 2. The van der Waals surface area contributed by atoms with E-state index in [4.69, 9.17) is 4.74 Å². The van der Waals surface area contributed by atoms with Gasteiger partial charge in [-0.05, 0) is 37.6 Å². The van der Waals surface area contributed by atoms with E-state index in [9.17, 15) is 24.5 Å². The van der Waals surface area contributed by atoms with Crippen LogP contribution in [0.3, 0.4) is 0 Å². The number of non-ortho nitro benzene ring substituents is 1. The summed E-state index contributed by atoms with van der Waals surface area (Å²) in [5.74, 6) is -1.37. The number of amides is 1. The third-order valence-corrected chi connectivity index (χ3v) is 4.69. The summed E-state index contributed by atoms with van der Waals surface area (Å²) in [5.41, 5.74) is 1.54. The van der Waals surface area contributed by atoms with Crippen molar-refractivity contribution in [3.05, 3.63) is 86.6 Å². The highest BCUT2D eigenvalue weighted by Crippen LogP contribution is 2.36. The number of methoxy groups -OCH3 is 1. The van der Waals surface area contributed by atoms with Gasteiger partial charge in [0.05, 0.1) is 23.2 Å². The molecule has 0 radical (unpaired) electrons. The summed E-state index contributed by atoms with van der Waals surface area (Å²) < 4.78 is 4.85. The first-order valence-corrected chi connectivity index (χ1v) is 8.95. The number of rotatable bonds is 5. The van der Waals surface area contributed by atoms with E-state index < -0.39 is 16.8 Å². The third-order valence-electron chi connectivity index (χ3n) is 4.69. The van der Waals surface area contributed by atoms with Crippen molar-refractivity contribution in [1.29, 1.82) is 0 Å². The SMILES string of the molecule is COC(=O)C1=C(C)N(c2cccc(C(C)=O)c2)C(=O)/C1=C\c1cccc([N+](=O)[O-])c1. The second kappa shape index (κ2) is 8.12. The minimum absolute atomic E-state index is 0.0491. The minimum atomic E-state index is -0.706. The molecule has 1 aliphatic rings. The van der Waals surface area contributed by atoms with Crippen LogP contribution in [0.2, 0.25) is 0 Å². The van der Waals surface area contributed by atoms with Crippen LogP contribution in [0.15, 0.2) is 65.4 Å². The van der Waals surface area contributed by atoms with Crippen molar-refractivity contribution >= 4 is 35.1 Å². The topological polar surface area (TPSA) is 107 Å². The van der Waals surface area contributed by atoms with E-state index in [0.717, 1.165) is 0 Å². The number of ether oxygens (including phenoxy) is 1. The Morgan fingerprint density at radius 1 is 1.13 bits per heavy atom. The van der Waals surface area contributed by atoms with Gasteiger partial charge in [0.2, 0.25) is 0 Å². The van der Waals surface area contributed by atoms with Gasteiger partial charge in [-0.2, -0.15) is 0 Å². The molecular weight excluding hydrogens is 388 g/mol. The number of ketones is 1. The number of hydrogen-bond acceptors (Lipinski definition) is 6. The van der Waals surface area contributed by atoms with Crippen molar-refractivity contribution in [3.63, 3.8) is 0 Å². The largest absolute Gasteiger partial charge is 0.465 e. The van der Waals surface area contributed by atoms with Crippen LogP contribution in [0.5, 0.6) is 0 Å². The molecule has 152 valence electrons. The molecule has 1 amide bonds. The summed E-state index contributed by atoms with van der Waals surface area (Å²) in [6, 6.07) is 12.2. The fraction of sp³-hybridized carbons (Fsp3) is 0.136. The van der Waals surface area contributed by atoms with Crippen molar-refractivity contribution < 1.29 is 24.0 Å². The number of nitro groups is 1. The van der Waals surface area contributed by atoms with Crippen molar-refractivity contribution in [2.45, 2.75) is 13.8 Å². The molecule has 3 rings (SSSR count). The Morgan fingerprint density at radius 3 is 2.47 bits per heavy atom. The highest BCUT2D eigenvalue weighted by Gasteiger charge is 2.38. The Balaban J connectivity index is 2.15. The maximum atomic E-state index is 13.2. The highest BCUT2D eigenvalue weighted by atomic mass is 16.6. The molecule has 0 spiro atoms. The predicted molar refractivity (Wildman–Crippen MR) is 110 cm³/mol. The molecule has 2 aromatic rings. The highest BCUT2D eigenvalue weighted by molar-refractivity contribution is 6.24. The molecule has 0 aromatic heterocycles. The van der Waals surface area contributed by atoms with Gasteiger partial charge in [-0.1, -0.05) is 24.3 Å². The molecule has 2 aromatic carbocycles. The first kappa shape index (κ1) is 20.7. The van der Waals surface area contributed by atoms with Crippen LogP contribution >= 0.6 is 0 Å². The number of hydrogen-bond donors (Lipinski definition) is 0. The smallest absolute Gasteiger partial charge is 0.340 e. The molecule has 30 heavy (non-hydrogen) atoms. The second-order valence-electron chi connectivity index (χ2n) is 6.61. The lowest BCUT2D eigenvalue weighted by atomic mass is 10.0. The quantitative estimate of drug-likeness (QED) is 0.247. The van der Waals surface area contributed by atoms with Gasteiger partial charge in [-0.3, -0.25) is 24.6 Å². The summed E-state index contributed by atoms with van der Waals surface area (Å²) >= 11 is 0. The monoisotopic (exact) mass is 406 g/mol. The summed E-state index contributed by atoms with van der Waals surface area (Å²) in [6.07, 6.45) is 1.42. The molecule has 0 bridgehead atoms. The normalized spacial score (nSPS) is 15.0. The van der Waals surface area contributed by atoms with E-state index in [1.807, 2.05) is 0 Å². The first-order chi connectivity index (χ1) is 14.2. The molecule has 0 unspecified atom stereocenters. The maximum absolute atomic E-state index is 13.2. The second-order valence-corrected chi connectivity index (χ2v) is 6.61. The fourth-order valence-electron chi connectivity index (χ4n) is 3.25. The Hall–Kier alpha value is -4.07. The molecule has 0 saturated carbocycles. The van der Waals surface area contributed by atoms with E-state index in [-0.39, 0.29) is 22.6 Å². The fourth-order valence-corrected chi connectivity index (χ4v) is 3.25. The zero-order valence-electron chi connectivity index (χ0n) is 16.5. The van der Waals surface area contributed by atoms with Gasteiger partial charge < -0.3 is 4.74 Å². The number of carbonyl (C=O) groups excluding carboxylic acids is 3. The molecule has 0 atom stereocenters. The van der Waals surface area contributed by atoms with Crippen LogP contribution in [0.25, 0.3) is 6.08 Å². The number of Topliss-reactive ketones (excluding diaryl/α,β-unsaturated/α-hetero) is 1. The predicted octanol–water partition coefficient (Wildman–Crippen LogP) is 3.67. The molecule has 0 N–H and O–H groups in total. The maximum Gasteiger partial charge on any atom is 0.340 e. The summed E-state index contributed by atoms with van der Waals surface area (Å²) in [7, 11) is 1.21. The lowest BCUT2D eigenvalue weighted by molar-refractivity contribution is -0.384. The molecule has 0 aliphatic carbocycles. The minimum Gasteiger partial charge on any atom is -0.465 e. The van der Waals surface area contributed by atoms with Crippen LogP contribution in [-0.2, 0) is 14.3 Å². The van der Waals surface area contributed by atoms with E-state index in [2.05, 4.69) is 0 Å². The van der Waals surface area contributed by atoms with E-state index in [0.29, 0.717) is 22.5 Å². The molecular formula is C22H18N2O6. The molecule has 8 heteroatoms. The Labute approximate surface area is 172 Å². The molecule has 8 nitrogen and oxygen atoms in total. The van der Waals surface area contributed by atoms with Gasteiger partial charge >= 0.3 is 5.97 Å². The van der Waals surface area contributed by atoms with Gasteiger partial charge in [-0.25, -0.2) is 4.79 Å². The van der Waals surface area contributed by atoms with E-state index in [1.165, 1.54) is 43.2 Å². The van der Waals surface area contributed by atoms with Gasteiger partial charge in [-0.15, -0.1) is 0 Å². The van der Waals surface area contributed by atoms with E-state index >= 15 is 0 Å². The van der Waals surface area contributed by atoms with Gasteiger partial charge in [0, 0.05) is 29.1 Å². The van der Waals surface area contributed by atoms with Crippen molar-refractivity contribution in [2.75, 3.05) is 12.0 Å². The van der Waals surface area contributed by atoms with Gasteiger partial charge in [0.25, 0.3) is 11.6 Å². The lowest BCUT2D eigenvalue weighted by Crippen LogP contribution is -2.24. The summed E-state index contributed by atoms with van der Waals surface area (Å²) in [6.45, 7) is 3.01. The molecule has 0 fully saturated rings.